The third kappa shape index (κ3) is 25.2. The molecule has 0 aliphatic carbocycles. The Bertz CT molecular complexity index is 1790. The maximum atomic E-state index is 13.7. The Morgan fingerprint density at radius 3 is 1.97 bits per heavy atom. The van der Waals surface area contributed by atoms with Crippen LogP contribution in [0.3, 0.4) is 0 Å². The van der Waals surface area contributed by atoms with Crippen LogP contribution < -0.4 is 11.5 Å². The van der Waals surface area contributed by atoms with Crippen LogP contribution in [0.5, 0.6) is 0 Å². The normalized spacial score (nSPS) is 38.7. The van der Waals surface area contributed by atoms with Crippen LogP contribution in [0, 0.1) is 35.5 Å². The van der Waals surface area contributed by atoms with Crippen molar-refractivity contribution >= 4 is 23.9 Å². The molecule has 21 nitrogen and oxygen atoms in total. The molecule has 0 aromatic heterocycles. The average Bonchev–Trinajstić information content (AvgIpc) is 3.33. The molecule has 2 bridgehead atoms. The van der Waals surface area contributed by atoms with Crippen molar-refractivity contribution in [1.29, 1.82) is 0 Å². The number of carbonyl (C=O) groups excluding carboxylic acids is 2. The number of carbonyl (C=O) groups is 3. The molecule has 0 aromatic rings. The topological polar surface area (TPSA) is 386 Å². The van der Waals surface area contributed by atoms with E-state index in [0.717, 1.165) is 44.9 Å². The number of nitrogens with two attached hydrogens (primary N) is 2. The molecule has 0 aromatic carbocycles. The van der Waals surface area contributed by atoms with Crippen LogP contribution in [-0.2, 0) is 28.6 Å². The predicted octanol–water partition coefficient (Wildman–Crippen LogP) is 2.61. The van der Waals surface area contributed by atoms with Crippen molar-refractivity contribution in [3.05, 3.63) is 23.8 Å². The summed E-state index contributed by atoms with van der Waals surface area (Å²) in [5.41, 5.74) is 11.2. The van der Waals surface area contributed by atoms with Crippen LogP contribution in [0.25, 0.3) is 0 Å². The summed E-state index contributed by atoms with van der Waals surface area (Å²) >= 11 is 0. The molecule has 2 rings (SSSR count). The molecule has 16 N–H and O–H groups in total. The second-order valence-electron chi connectivity index (χ2n) is 22.6. The van der Waals surface area contributed by atoms with Crippen LogP contribution in [0.1, 0.15) is 170 Å². The van der Waals surface area contributed by atoms with Crippen molar-refractivity contribution in [2.75, 3.05) is 6.54 Å². The second-order valence-corrected chi connectivity index (χ2v) is 22.6. The van der Waals surface area contributed by atoms with Gasteiger partial charge in [0.1, 0.15) is 24.7 Å². The zero-order valence-corrected chi connectivity index (χ0v) is 46.3. The van der Waals surface area contributed by atoms with Gasteiger partial charge in [-0.15, -0.1) is 0 Å². The number of aliphatic hydroxyl groups is 11. The molecular weight excluding hydrogens is 991 g/mol. The fourth-order valence-electron chi connectivity index (χ4n) is 10.2. The summed E-state index contributed by atoms with van der Waals surface area (Å²) in [6.07, 6.45) is -6.89. The van der Waals surface area contributed by atoms with E-state index in [1.165, 1.54) is 6.08 Å². The van der Waals surface area contributed by atoms with E-state index in [9.17, 15) is 75.7 Å². The SMILES string of the molecule is C/C1=C\CC[C@H](C)[C@H](O)C[C@H](O)[C@@H](C)[C@H](O)CC[C@@H](C)[C@H](O)C[C@]2(O)O[C@H](C[C@H](OC(=O)CC(=O)O)C[C@@H](O)C[C@@H](O)C[C@@H](O)[C@@H](C)[C@H](O)/C=C/[C@H](C)[C@@H]([C@@H](C)CCCCCCCCN=C(N)N)OC1=O)C[C@@H](O)[C@@H]2O. The van der Waals surface area contributed by atoms with Gasteiger partial charge in [0.15, 0.2) is 11.7 Å². The summed E-state index contributed by atoms with van der Waals surface area (Å²) < 4.78 is 17.5. The summed E-state index contributed by atoms with van der Waals surface area (Å²) in [4.78, 5) is 41.6. The Hall–Kier alpha value is -3.32. The molecule has 1 saturated heterocycles. The number of unbranched alkanes of at least 4 members (excludes halogenated alkanes) is 5. The minimum absolute atomic E-state index is 0.0363. The molecule has 0 saturated carbocycles. The van der Waals surface area contributed by atoms with E-state index < -0.39 is 134 Å². The van der Waals surface area contributed by atoms with Crippen LogP contribution in [0.2, 0.25) is 0 Å². The Morgan fingerprint density at radius 2 is 1.33 bits per heavy atom. The van der Waals surface area contributed by atoms with Gasteiger partial charge in [0.2, 0.25) is 0 Å². The molecule has 2 aliphatic rings. The third-order valence-corrected chi connectivity index (χ3v) is 15.7. The predicted molar refractivity (Wildman–Crippen MR) is 284 cm³/mol. The lowest BCUT2D eigenvalue weighted by atomic mass is 9.83. The fourth-order valence-corrected chi connectivity index (χ4v) is 10.2. The highest BCUT2D eigenvalue weighted by atomic mass is 16.7. The van der Waals surface area contributed by atoms with Gasteiger partial charge in [-0.25, -0.2) is 4.79 Å². The summed E-state index contributed by atoms with van der Waals surface area (Å²) in [6.45, 7) is 12.8. The standard InChI is InChI=1S/C55H99N3O18/c1-31-16-14-17-35(5)53(72)75-51(33(3)15-12-10-8-9-11-13-22-58-54(56)57)34(4)19-21-43(62)36(6)45(64)25-39(60)23-38(59)24-40(74-50(70)29-49(68)69)26-41-27-47(66)52(71)55(73,76-41)30-48(67)32(2)18-20-42(61)37(7)46(65)28-44(31)63/h17,19,21,31-34,36-48,51-52,59-67,71,73H,8-16,18,20,22-30H2,1-7H3,(H,68,69)(H4,56,57,58)/b21-19+,35-17+/t31-,32+,33-,34-,36-,37-,38-,39+,40+,41+,42+,43+,44+,45+,46-,47+,48+,51+,52-,55-/m0/s1. The molecule has 1 fully saturated rings. The number of hydrogen-bond acceptors (Lipinski definition) is 18. The highest BCUT2D eigenvalue weighted by Gasteiger charge is 2.50. The van der Waals surface area contributed by atoms with Crippen molar-refractivity contribution in [2.24, 2.45) is 52.0 Å². The van der Waals surface area contributed by atoms with Crippen LogP contribution in [0.15, 0.2) is 28.8 Å². The van der Waals surface area contributed by atoms with E-state index in [-0.39, 0.29) is 75.1 Å². The molecule has 0 spiro atoms. The van der Waals surface area contributed by atoms with Crippen molar-refractivity contribution in [2.45, 2.75) is 256 Å². The molecule has 0 amide bonds. The largest absolute Gasteiger partial charge is 0.481 e. The van der Waals surface area contributed by atoms with Gasteiger partial charge in [-0.3, -0.25) is 14.6 Å². The van der Waals surface area contributed by atoms with Crippen LogP contribution >= 0.6 is 0 Å². The van der Waals surface area contributed by atoms with Gasteiger partial charge in [0, 0.05) is 55.6 Å². The lowest BCUT2D eigenvalue weighted by molar-refractivity contribution is -0.333. The van der Waals surface area contributed by atoms with Gasteiger partial charge in [0.05, 0.1) is 61.0 Å². The van der Waals surface area contributed by atoms with Crippen molar-refractivity contribution < 1.29 is 89.9 Å². The first-order valence-electron chi connectivity index (χ1n) is 27.8. The fraction of sp³-hybridized carbons (Fsp3) is 0.855. The third-order valence-electron chi connectivity index (χ3n) is 15.7. The molecule has 21 heteroatoms. The number of aliphatic hydroxyl groups excluding tert-OH is 10. The Balaban J connectivity index is 2.41. The molecule has 0 unspecified atom stereocenters. The monoisotopic (exact) mass is 1090 g/mol. The van der Waals surface area contributed by atoms with E-state index in [1.54, 1.807) is 39.8 Å². The van der Waals surface area contributed by atoms with Gasteiger partial charge in [-0.05, 0) is 82.5 Å². The van der Waals surface area contributed by atoms with E-state index in [1.807, 2.05) is 20.8 Å². The number of ether oxygens (including phenoxy) is 3. The summed E-state index contributed by atoms with van der Waals surface area (Å²) in [7, 11) is 0. The Labute approximate surface area is 450 Å². The average molecular weight is 1090 g/mol. The Kier molecular flexibility index (Phi) is 31.3. The molecule has 20 atom stereocenters. The van der Waals surface area contributed by atoms with Gasteiger partial charge in [-0.1, -0.05) is 91.9 Å². The van der Waals surface area contributed by atoms with Crippen molar-refractivity contribution in [3.63, 3.8) is 0 Å². The number of carboxylic acids is 1. The number of cyclic esters (lactones) is 1. The number of allylic oxidation sites excluding steroid dienone is 1. The smallest absolute Gasteiger partial charge is 0.333 e. The number of esters is 2. The van der Waals surface area contributed by atoms with Gasteiger partial charge in [-0.2, -0.15) is 0 Å². The summed E-state index contributed by atoms with van der Waals surface area (Å²) in [6, 6.07) is 0. The minimum Gasteiger partial charge on any atom is -0.481 e. The summed E-state index contributed by atoms with van der Waals surface area (Å²) in [5.74, 6) is -8.54. The number of fused-ring (bicyclic) bond motifs is 2. The minimum atomic E-state index is -2.53. The van der Waals surface area contributed by atoms with Crippen molar-refractivity contribution in [3.8, 4) is 0 Å². The Morgan fingerprint density at radius 1 is 0.724 bits per heavy atom. The van der Waals surface area contributed by atoms with E-state index in [0.29, 0.717) is 25.0 Å². The molecule has 0 radical (unpaired) electrons. The zero-order valence-electron chi connectivity index (χ0n) is 46.3. The second kappa shape index (κ2) is 34.6. The van der Waals surface area contributed by atoms with E-state index in [2.05, 4.69) is 4.99 Å². The number of carboxylic acid groups (broad SMARTS) is 1. The van der Waals surface area contributed by atoms with E-state index >= 15 is 0 Å². The number of guanidine groups is 1. The first-order chi connectivity index (χ1) is 35.5. The number of hydrogen-bond donors (Lipinski definition) is 14. The molecule has 442 valence electrons. The number of nitrogens with zero attached hydrogens (tertiary/aromatic N) is 1. The lowest BCUT2D eigenvalue weighted by Gasteiger charge is -2.45. The molecule has 2 aliphatic heterocycles. The van der Waals surface area contributed by atoms with Gasteiger partial charge < -0.3 is 87.0 Å². The van der Waals surface area contributed by atoms with Crippen LogP contribution in [0.4, 0.5) is 0 Å². The molecule has 2 heterocycles. The van der Waals surface area contributed by atoms with Crippen molar-refractivity contribution in [1.82, 2.24) is 0 Å². The first kappa shape index (κ1) is 68.8. The maximum Gasteiger partial charge on any atom is 0.333 e. The lowest BCUT2D eigenvalue weighted by Crippen LogP contribution is -2.60. The molecule has 76 heavy (non-hydrogen) atoms. The van der Waals surface area contributed by atoms with Gasteiger partial charge >= 0.3 is 17.9 Å². The highest BCUT2D eigenvalue weighted by molar-refractivity contribution is 5.90. The molecular formula is C55H99N3O18. The number of aliphatic imine (C=N–C) groups is 1. The quantitative estimate of drug-likeness (QED) is 0.0315. The number of aliphatic carboxylic acids is 1. The van der Waals surface area contributed by atoms with Crippen LogP contribution in [-0.4, -0.2) is 177 Å². The van der Waals surface area contributed by atoms with E-state index in [4.69, 9.17) is 25.7 Å². The zero-order chi connectivity index (χ0) is 57.4. The van der Waals surface area contributed by atoms with Gasteiger partial charge in [0.25, 0.3) is 0 Å². The summed E-state index contributed by atoms with van der Waals surface area (Å²) in [5, 5.41) is 132. The first-order valence-corrected chi connectivity index (χ1v) is 27.8. The maximum absolute atomic E-state index is 13.7. The number of rotatable bonds is 13. The highest BCUT2D eigenvalue weighted by Crippen LogP contribution is 2.36.